The summed E-state index contributed by atoms with van der Waals surface area (Å²) in [6.07, 6.45) is 0. The average Bonchev–Trinajstić information content (AvgIpc) is 2.48. The molecule has 0 saturated heterocycles. The maximum Gasteiger partial charge on any atom is 0.335 e. The Hall–Kier alpha value is -2.60. The van der Waals surface area contributed by atoms with Crippen molar-refractivity contribution in [2.45, 2.75) is 0 Å². The molecule has 0 unspecified atom stereocenters. The topological polar surface area (TPSA) is 75.6 Å². The van der Waals surface area contributed by atoms with Gasteiger partial charge in [0, 0.05) is 0 Å². The van der Waals surface area contributed by atoms with Crippen molar-refractivity contribution >= 4 is 29.2 Å². The highest BCUT2D eigenvalue weighted by Crippen LogP contribution is 2.23. The molecule has 0 heterocycles. The molecular formula is C15H11ClFNO4. The lowest BCUT2D eigenvalue weighted by atomic mass is 10.2. The van der Waals surface area contributed by atoms with E-state index in [0.29, 0.717) is 0 Å². The maximum absolute atomic E-state index is 13.3. The van der Waals surface area contributed by atoms with Crippen LogP contribution in [-0.4, -0.2) is 23.6 Å². The third-order valence-electron chi connectivity index (χ3n) is 2.68. The SMILES string of the molecule is O=C(COc1ccccc1F)Nc1cc(C(=O)O)ccc1Cl. The number of benzene rings is 2. The number of carboxylic acid groups (broad SMARTS) is 1. The van der Waals surface area contributed by atoms with Crippen molar-refractivity contribution in [3.8, 4) is 5.75 Å². The van der Waals surface area contributed by atoms with Gasteiger partial charge in [-0.05, 0) is 30.3 Å². The molecule has 0 saturated carbocycles. The Morgan fingerprint density at radius 2 is 1.95 bits per heavy atom. The minimum Gasteiger partial charge on any atom is -0.481 e. The molecule has 0 aliphatic carbocycles. The Bertz CT molecular complexity index is 720. The van der Waals surface area contributed by atoms with Crippen LogP contribution in [0.2, 0.25) is 5.02 Å². The number of halogens is 2. The Morgan fingerprint density at radius 3 is 2.64 bits per heavy atom. The minimum atomic E-state index is -1.14. The zero-order valence-corrected chi connectivity index (χ0v) is 11.9. The molecule has 0 aromatic heterocycles. The van der Waals surface area contributed by atoms with Gasteiger partial charge in [0.15, 0.2) is 18.2 Å². The second kappa shape index (κ2) is 6.91. The summed E-state index contributed by atoms with van der Waals surface area (Å²) in [6.45, 7) is -0.436. The number of ether oxygens (including phenoxy) is 1. The maximum atomic E-state index is 13.3. The molecule has 2 aromatic rings. The van der Waals surface area contributed by atoms with Gasteiger partial charge in [-0.15, -0.1) is 0 Å². The lowest BCUT2D eigenvalue weighted by Crippen LogP contribution is -2.20. The van der Waals surface area contributed by atoms with Gasteiger partial charge in [-0.25, -0.2) is 9.18 Å². The molecular weight excluding hydrogens is 313 g/mol. The number of hydrogen-bond acceptors (Lipinski definition) is 3. The molecule has 0 fully saturated rings. The number of anilines is 1. The van der Waals surface area contributed by atoms with Crippen LogP contribution >= 0.6 is 11.6 Å². The van der Waals surface area contributed by atoms with Crippen molar-refractivity contribution in [2.75, 3.05) is 11.9 Å². The van der Waals surface area contributed by atoms with Crippen LogP contribution in [0.5, 0.6) is 5.75 Å². The molecule has 114 valence electrons. The van der Waals surface area contributed by atoms with Crippen LogP contribution in [0.3, 0.4) is 0 Å². The smallest absolute Gasteiger partial charge is 0.335 e. The average molecular weight is 324 g/mol. The Kier molecular flexibility index (Phi) is 4.95. The van der Waals surface area contributed by atoms with E-state index in [2.05, 4.69) is 5.32 Å². The predicted molar refractivity (Wildman–Crippen MR) is 78.9 cm³/mol. The number of rotatable bonds is 5. The Labute approximate surface area is 130 Å². The number of carbonyl (C=O) groups excluding carboxylic acids is 1. The van der Waals surface area contributed by atoms with Crippen molar-refractivity contribution in [3.05, 3.63) is 58.9 Å². The van der Waals surface area contributed by atoms with E-state index in [0.717, 1.165) is 0 Å². The molecule has 0 aliphatic rings. The first-order chi connectivity index (χ1) is 10.5. The molecule has 2 aromatic carbocycles. The van der Waals surface area contributed by atoms with Crippen LogP contribution in [0.1, 0.15) is 10.4 Å². The summed E-state index contributed by atoms with van der Waals surface area (Å²) in [6, 6.07) is 9.57. The summed E-state index contributed by atoms with van der Waals surface area (Å²) in [5.41, 5.74) is 0.124. The van der Waals surface area contributed by atoms with Crippen LogP contribution in [0.15, 0.2) is 42.5 Å². The number of para-hydroxylation sites is 1. The molecule has 0 radical (unpaired) electrons. The number of carboxylic acids is 1. The van der Waals surface area contributed by atoms with Gasteiger partial charge in [-0.3, -0.25) is 4.79 Å². The Morgan fingerprint density at radius 1 is 1.23 bits per heavy atom. The zero-order valence-electron chi connectivity index (χ0n) is 11.2. The lowest BCUT2D eigenvalue weighted by Gasteiger charge is -2.10. The van der Waals surface area contributed by atoms with Crippen LogP contribution in [0, 0.1) is 5.82 Å². The fraction of sp³-hybridized carbons (Fsp3) is 0.0667. The van der Waals surface area contributed by atoms with Gasteiger partial charge in [0.05, 0.1) is 16.3 Å². The van der Waals surface area contributed by atoms with E-state index < -0.39 is 24.3 Å². The third-order valence-corrected chi connectivity index (χ3v) is 3.01. The highest BCUT2D eigenvalue weighted by Gasteiger charge is 2.11. The predicted octanol–water partition coefficient (Wildman–Crippen LogP) is 3.19. The van der Waals surface area contributed by atoms with Crippen molar-refractivity contribution < 1.29 is 23.8 Å². The summed E-state index contributed by atoms with van der Waals surface area (Å²) in [4.78, 5) is 22.6. The molecule has 1 amide bonds. The van der Waals surface area contributed by atoms with Gasteiger partial charge in [0.25, 0.3) is 5.91 Å². The highest BCUT2D eigenvalue weighted by molar-refractivity contribution is 6.33. The van der Waals surface area contributed by atoms with Gasteiger partial charge >= 0.3 is 5.97 Å². The van der Waals surface area contributed by atoms with Crippen molar-refractivity contribution in [2.24, 2.45) is 0 Å². The van der Waals surface area contributed by atoms with Gasteiger partial charge in [0.2, 0.25) is 0 Å². The molecule has 5 nitrogen and oxygen atoms in total. The summed E-state index contributed by atoms with van der Waals surface area (Å²) in [5, 5.41) is 11.5. The first-order valence-corrected chi connectivity index (χ1v) is 6.55. The quantitative estimate of drug-likeness (QED) is 0.886. The van der Waals surface area contributed by atoms with E-state index in [-0.39, 0.29) is 22.0 Å². The first-order valence-electron chi connectivity index (χ1n) is 6.17. The number of aromatic carboxylic acids is 1. The number of carbonyl (C=O) groups is 2. The second-order valence-electron chi connectivity index (χ2n) is 4.27. The summed E-state index contributed by atoms with van der Waals surface area (Å²) >= 11 is 5.88. The van der Waals surface area contributed by atoms with E-state index in [1.807, 2.05) is 0 Å². The van der Waals surface area contributed by atoms with Gasteiger partial charge in [0.1, 0.15) is 0 Å². The largest absolute Gasteiger partial charge is 0.481 e. The molecule has 7 heteroatoms. The highest BCUT2D eigenvalue weighted by atomic mass is 35.5. The van der Waals surface area contributed by atoms with Crippen LogP contribution < -0.4 is 10.1 Å². The van der Waals surface area contributed by atoms with Gasteiger partial charge in [-0.2, -0.15) is 0 Å². The van der Waals surface area contributed by atoms with Gasteiger partial charge < -0.3 is 15.2 Å². The number of nitrogens with one attached hydrogen (secondary N) is 1. The van der Waals surface area contributed by atoms with Crippen molar-refractivity contribution in [1.29, 1.82) is 0 Å². The van der Waals surface area contributed by atoms with E-state index in [4.69, 9.17) is 21.4 Å². The van der Waals surface area contributed by atoms with E-state index in [1.54, 1.807) is 6.07 Å². The van der Waals surface area contributed by atoms with Gasteiger partial charge in [-0.1, -0.05) is 23.7 Å². The number of amides is 1. The minimum absolute atomic E-state index is 0.0188. The fourth-order valence-corrected chi connectivity index (χ4v) is 1.81. The monoisotopic (exact) mass is 323 g/mol. The fourth-order valence-electron chi connectivity index (χ4n) is 1.65. The summed E-state index contributed by atoms with van der Waals surface area (Å²) < 4.78 is 18.4. The second-order valence-corrected chi connectivity index (χ2v) is 4.67. The molecule has 22 heavy (non-hydrogen) atoms. The summed E-state index contributed by atoms with van der Waals surface area (Å²) in [7, 11) is 0. The van der Waals surface area contributed by atoms with E-state index in [9.17, 15) is 14.0 Å². The first kappa shape index (κ1) is 15.8. The zero-order chi connectivity index (χ0) is 16.1. The van der Waals surface area contributed by atoms with E-state index in [1.165, 1.54) is 36.4 Å². The Balaban J connectivity index is 2.02. The van der Waals surface area contributed by atoms with Crippen molar-refractivity contribution in [1.82, 2.24) is 0 Å². The van der Waals surface area contributed by atoms with Crippen LogP contribution in [0.4, 0.5) is 10.1 Å². The molecule has 0 atom stereocenters. The lowest BCUT2D eigenvalue weighted by molar-refractivity contribution is -0.118. The summed E-state index contributed by atoms with van der Waals surface area (Å²) in [5.74, 6) is -2.37. The molecule has 2 rings (SSSR count). The number of hydrogen-bond donors (Lipinski definition) is 2. The van der Waals surface area contributed by atoms with E-state index >= 15 is 0 Å². The molecule has 2 N–H and O–H groups in total. The van der Waals surface area contributed by atoms with Crippen LogP contribution in [0.25, 0.3) is 0 Å². The van der Waals surface area contributed by atoms with Crippen molar-refractivity contribution in [3.63, 3.8) is 0 Å². The molecule has 0 bridgehead atoms. The van der Waals surface area contributed by atoms with Crippen LogP contribution in [-0.2, 0) is 4.79 Å². The third kappa shape index (κ3) is 3.95. The molecule has 0 spiro atoms. The standard InChI is InChI=1S/C15H11ClFNO4/c16-10-6-5-9(15(20)21)7-12(10)18-14(19)8-22-13-4-2-1-3-11(13)17/h1-7H,8H2,(H,18,19)(H,20,21). The normalized spacial score (nSPS) is 10.1. The molecule has 0 aliphatic heterocycles.